The van der Waals surface area contributed by atoms with Crippen LogP contribution in [0, 0.1) is 0 Å². The molecular formula is C13H22O4. The summed E-state index contributed by atoms with van der Waals surface area (Å²) in [5.41, 5.74) is 0. The van der Waals surface area contributed by atoms with Gasteiger partial charge < -0.3 is 9.53 Å². The Bertz CT molecular complexity index is 258. The number of hydrogen-bond donors (Lipinski definition) is 0. The minimum atomic E-state index is 0.0753. The molecule has 17 heavy (non-hydrogen) atoms. The Morgan fingerprint density at radius 3 is 1.82 bits per heavy atom. The van der Waals surface area contributed by atoms with Gasteiger partial charge in [-0.15, -0.1) is 0 Å². The molecule has 0 aliphatic carbocycles. The highest BCUT2D eigenvalue weighted by atomic mass is 16.5. The van der Waals surface area contributed by atoms with Crippen LogP contribution in [0.5, 0.6) is 0 Å². The van der Waals surface area contributed by atoms with Crippen molar-refractivity contribution in [1.82, 2.24) is 0 Å². The number of rotatable bonds is 11. The monoisotopic (exact) mass is 242 g/mol. The van der Waals surface area contributed by atoms with Crippen LogP contribution in [0.2, 0.25) is 0 Å². The van der Waals surface area contributed by atoms with Gasteiger partial charge in [-0.1, -0.05) is 0 Å². The van der Waals surface area contributed by atoms with Crippen molar-refractivity contribution < 1.29 is 19.1 Å². The van der Waals surface area contributed by atoms with Crippen LogP contribution in [0.15, 0.2) is 0 Å². The molecule has 0 unspecified atom stereocenters. The summed E-state index contributed by atoms with van der Waals surface area (Å²) in [5, 5.41) is 0. The van der Waals surface area contributed by atoms with E-state index >= 15 is 0 Å². The molecule has 0 aliphatic rings. The van der Waals surface area contributed by atoms with Crippen molar-refractivity contribution in [3.8, 4) is 0 Å². The minimum Gasteiger partial charge on any atom is -0.385 e. The first-order chi connectivity index (χ1) is 8.06. The highest BCUT2D eigenvalue weighted by molar-refractivity contribution is 5.86. The maximum absolute atomic E-state index is 11.4. The number of carbonyl (C=O) groups excluding carboxylic acids is 3. The molecule has 0 heterocycles. The molecule has 0 fully saturated rings. The van der Waals surface area contributed by atoms with Crippen molar-refractivity contribution in [2.45, 2.75) is 51.9 Å². The molecule has 0 saturated heterocycles. The zero-order chi connectivity index (χ0) is 13.1. The molecule has 98 valence electrons. The summed E-state index contributed by atoms with van der Waals surface area (Å²) < 4.78 is 4.84. The van der Waals surface area contributed by atoms with Gasteiger partial charge >= 0.3 is 0 Å². The van der Waals surface area contributed by atoms with Crippen molar-refractivity contribution >= 4 is 17.3 Å². The molecule has 0 bridgehead atoms. The highest BCUT2D eigenvalue weighted by Crippen LogP contribution is 2.05. The smallest absolute Gasteiger partial charge is 0.133 e. The van der Waals surface area contributed by atoms with Crippen LogP contribution in [0.4, 0.5) is 0 Å². The molecular weight excluding hydrogens is 220 g/mol. The van der Waals surface area contributed by atoms with Gasteiger partial charge in [-0.2, -0.15) is 0 Å². The predicted octanol–water partition coefficient (Wildman–Crippen LogP) is 2.09. The maximum Gasteiger partial charge on any atom is 0.133 e. The van der Waals surface area contributed by atoms with Crippen LogP contribution >= 0.6 is 0 Å². The van der Waals surface area contributed by atoms with Gasteiger partial charge in [-0.05, 0) is 19.8 Å². The van der Waals surface area contributed by atoms with Crippen molar-refractivity contribution in [3.05, 3.63) is 0 Å². The SMILES string of the molecule is COCCCC(=O)CCC(=O)CCCC(C)=O. The van der Waals surface area contributed by atoms with Crippen molar-refractivity contribution in [3.63, 3.8) is 0 Å². The Balaban J connectivity index is 3.48. The first-order valence-electron chi connectivity index (χ1n) is 6.08. The summed E-state index contributed by atoms with van der Waals surface area (Å²) in [5.74, 6) is 0.293. The fraction of sp³-hybridized carbons (Fsp3) is 0.769. The summed E-state index contributed by atoms with van der Waals surface area (Å²) in [6.07, 6.45) is 3.29. The Morgan fingerprint density at radius 1 is 0.824 bits per heavy atom. The predicted molar refractivity (Wildman–Crippen MR) is 64.9 cm³/mol. The fourth-order valence-electron chi connectivity index (χ4n) is 1.48. The third kappa shape index (κ3) is 11.2. The van der Waals surface area contributed by atoms with Crippen LogP contribution in [0.1, 0.15) is 51.9 Å². The lowest BCUT2D eigenvalue weighted by Crippen LogP contribution is -2.05. The van der Waals surface area contributed by atoms with Crippen LogP contribution in [0.25, 0.3) is 0 Å². The van der Waals surface area contributed by atoms with E-state index in [0.29, 0.717) is 51.6 Å². The van der Waals surface area contributed by atoms with E-state index in [0.717, 1.165) is 0 Å². The summed E-state index contributed by atoms with van der Waals surface area (Å²) in [6.45, 7) is 2.10. The molecule has 4 nitrogen and oxygen atoms in total. The largest absolute Gasteiger partial charge is 0.385 e. The second-order valence-electron chi connectivity index (χ2n) is 4.23. The quantitative estimate of drug-likeness (QED) is 0.520. The first kappa shape index (κ1) is 16.0. The molecule has 0 radical (unpaired) electrons. The molecule has 0 spiro atoms. The van der Waals surface area contributed by atoms with Crippen LogP contribution in [-0.2, 0) is 19.1 Å². The Kier molecular flexibility index (Phi) is 9.53. The lowest BCUT2D eigenvalue weighted by molar-refractivity contribution is -0.124. The third-order valence-corrected chi connectivity index (χ3v) is 2.47. The van der Waals surface area contributed by atoms with E-state index in [1.54, 1.807) is 7.11 Å². The zero-order valence-electron chi connectivity index (χ0n) is 10.8. The van der Waals surface area contributed by atoms with E-state index in [2.05, 4.69) is 0 Å². The van der Waals surface area contributed by atoms with E-state index in [1.165, 1.54) is 6.92 Å². The first-order valence-corrected chi connectivity index (χ1v) is 6.08. The van der Waals surface area contributed by atoms with E-state index in [-0.39, 0.29) is 17.3 Å². The molecule has 0 saturated carbocycles. The molecule has 0 atom stereocenters. The van der Waals surface area contributed by atoms with Crippen LogP contribution in [-0.4, -0.2) is 31.1 Å². The molecule has 0 aromatic heterocycles. The Hall–Kier alpha value is -1.03. The number of methoxy groups -OCH3 is 1. The number of carbonyl (C=O) groups is 3. The molecule has 0 aromatic rings. The minimum absolute atomic E-state index is 0.0753. The zero-order valence-corrected chi connectivity index (χ0v) is 10.8. The molecule has 0 N–H and O–H groups in total. The van der Waals surface area contributed by atoms with Gasteiger partial charge in [0, 0.05) is 45.8 Å². The van der Waals surface area contributed by atoms with Gasteiger partial charge in [-0.3, -0.25) is 9.59 Å². The second-order valence-corrected chi connectivity index (χ2v) is 4.23. The molecule has 0 aliphatic heterocycles. The summed E-state index contributed by atoms with van der Waals surface area (Å²) >= 11 is 0. The summed E-state index contributed by atoms with van der Waals surface area (Å²) in [4.78, 5) is 33.4. The summed E-state index contributed by atoms with van der Waals surface area (Å²) in [6, 6.07) is 0. The average Bonchev–Trinajstić information content (AvgIpc) is 2.26. The van der Waals surface area contributed by atoms with Crippen molar-refractivity contribution in [2.75, 3.05) is 13.7 Å². The lowest BCUT2D eigenvalue weighted by atomic mass is 10.0. The van der Waals surface area contributed by atoms with Gasteiger partial charge in [0.15, 0.2) is 0 Å². The van der Waals surface area contributed by atoms with E-state index in [9.17, 15) is 14.4 Å². The van der Waals surface area contributed by atoms with Crippen molar-refractivity contribution in [2.24, 2.45) is 0 Å². The normalized spacial score (nSPS) is 10.2. The highest BCUT2D eigenvalue weighted by Gasteiger charge is 2.07. The maximum atomic E-state index is 11.4. The van der Waals surface area contributed by atoms with Crippen LogP contribution in [0.3, 0.4) is 0 Å². The Labute approximate surface area is 103 Å². The molecule has 0 rings (SSSR count). The number of ether oxygens (including phenoxy) is 1. The van der Waals surface area contributed by atoms with Gasteiger partial charge in [0.25, 0.3) is 0 Å². The Morgan fingerprint density at radius 2 is 1.35 bits per heavy atom. The average molecular weight is 242 g/mol. The van der Waals surface area contributed by atoms with E-state index < -0.39 is 0 Å². The molecule has 0 amide bonds. The fourth-order valence-corrected chi connectivity index (χ4v) is 1.48. The van der Waals surface area contributed by atoms with E-state index in [4.69, 9.17) is 4.74 Å². The third-order valence-electron chi connectivity index (χ3n) is 2.47. The van der Waals surface area contributed by atoms with E-state index in [1.807, 2.05) is 0 Å². The van der Waals surface area contributed by atoms with Gasteiger partial charge in [0.05, 0.1) is 0 Å². The summed E-state index contributed by atoms with van der Waals surface area (Å²) in [7, 11) is 1.60. The topological polar surface area (TPSA) is 60.4 Å². The second kappa shape index (κ2) is 10.1. The van der Waals surface area contributed by atoms with Crippen LogP contribution < -0.4 is 0 Å². The number of hydrogen-bond acceptors (Lipinski definition) is 4. The molecule has 4 heteroatoms. The van der Waals surface area contributed by atoms with Gasteiger partial charge in [0.1, 0.15) is 17.3 Å². The number of ketones is 3. The van der Waals surface area contributed by atoms with Gasteiger partial charge in [0.2, 0.25) is 0 Å². The lowest BCUT2D eigenvalue weighted by Gasteiger charge is -2.01. The number of Topliss-reactive ketones (excluding diaryl/α,β-unsaturated/α-hetero) is 3. The molecule has 0 aromatic carbocycles. The standard InChI is InChI=1S/C13H22O4/c1-11(14)5-3-6-12(15)8-9-13(16)7-4-10-17-2/h3-10H2,1-2H3. The van der Waals surface area contributed by atoms with Crippen molar-refractivity contribution in [1.29, 1.82) is 0 Å². The van der Waals surface area contributed by atoms with Gasteiger partial charge in [-0.25, -0.2) is 0 Å².